The van der Waals surface area contributed by atoms with Gasteiger partial charge in [-0.25, -0.2) is 0 Å². The molecule has 0 aromatic heterocycles. The lowest BCUT2D eigenvalue weighted by Gasteiger charge is -2.06. The van der Waals surface area contributed by atoms with Gasteiger partial charge in [0.15, 0.2) is 0 Å². The summed E-state index contributed by atoms with van der Waals surface area (Å²) in [4.78, 5) is 0. The summed E-state index contributed by atoms with van der Waals surface area (Å²) in [7, 11) is 0. The molecule has 1 nitrogen and oxygen atoms in total. The smallest absolute Gasteiger partial charge is 0.0393 e. The van der Waals surface area contributed by atoms with E-state index in [0.717, 1.165) is 16.8 Å². The van der Waals surface area contributed by atoms with Gasteiger partial charge in [-0.3, -0.25) is 0 Å². The molecule has 0 aliphatic carbocycles. The van der Waals surface area contributed by atoms with Crippen LogP contribution in [0.15, 0.2) is 78.9 Å². The Morgan fingerprint density at radius 2 is 1.29 bits per heavy atom. The third kappa shape index (κ3) is 3.21. The molecular formula is C20H17N. The predicted molar refractivity (Wildman–Crippen MR) is 91.7 cm³/mol. The van der Waals surface area contributed by atoms with Gasteiger partial charge in [-0.2, -0.15) is 0 Å². The van der Waals surface area contributed by atoms with E-state index in [4.69, 9.17) is 5.73 Å². The topological polar surface area (TPSA) is 26.0 Å². The van der Waals surface area contributed by atoms with Crippen LogP contribution in [-0.2, 0) is 0 Å². The summed E-state index contributed by atoms with van der Waals surface area (Å²) in [6, 6.07) is 26.7. The Kier molecular flexibility index (Phi) is 3.83. The van der Waals surface area contributed by atoms with Crippen LogP contribution < -0.4 is 5.73 Å². The molecule has 21 heavy (non-hydrogen) atoms. The van der Waals surface area contributed by atoms with Crippen molar-refractivity contribution in [3.63, 3.8) is 0 Å². The van der Waals surface area contributed by atoms with E-state index in [1.54, 1.807) is 0 Å². The van der Waals surface area contributed by atoms with Gasteiger partial charge in [0.05, 0.1) is 0 Å². The third-order valence-corrected chi connectivity index (χ3v) is 3.45. The van der Waals surface area contributed by atoms with Gasteiger partial charge in [-0.05, 0) is 28.3 Å². The second-order valence-electron chi connectivity index (χ2n) is 4.95. The molecule has 0 spiro atoms. The second-order valence-corrected chi connectivity index (χ2v) is 4.95. The molecule has 0 aliphatic rings. The molecule has 3 aromatic rings. The van der Waals surface area contributed by atoms with E-state index in [0.29, 0.717) is 0 Å². The van der Waals surface area contributed by atoms with E-state index in [1.807, 2.05) is 42.5 Å². The number of benzene rings is 3. The van der Waals surface area contributed by atoms with Gasteiger partial charge in [-0.15, -0.1) is 0 Å². The predicted octanol–water partition coefficient (Wildman–Crippen LogP) is 5.11. The number of rotatable bonds is 3. The zero-order valence-corrected chi connectivity index (χ0v) is 11.7. The lowest BCUT2D eigenvalue weighted by molar-refractivity contribution is 1.59. The molecule has 0 radical (unpaired) electrons. The normalized spacial score (nSPS) is 10.9. The first kappa shape index (κ1) is 13.2. The van der Waals surface area contributed by atoms with Crippen molar-refractivity contribution in [2.24, 2.45) is 0 Å². The molecule has 0 saturated heterocycles. The fourth-order valence-electron chi connectivity index (χ4n) is 2.29. The first-order chi connectivity index (χ1) is 10.3. The molecule has 3 rings (SSSR count). The largest absolute Gasteiger partial charge is 0.398 e. The van der Waals surface area contributed by atoms with Crippen LogP contribution >= 0.6 is 0 Å². The molecule has 3 aromatic carbocycles. The fourth-order valence-corrected chi connectivity index (χ4v) is 2.29. The standard InChI is InChI=1S/C20H17N/c21-20-15-19(17-9-5-2-6-10-17)14-13-18(20)12-11-16-7-3-1-4-8-16/h1-15H,21H2. The molecule has 0 bridgehead atoms. The van der Waals surface area contributed by atoms with E-state index >= 15 is 0 Å². The van der Waals surface area contributed by atoms with Gasteiger partial charge >= 0.3 is 0 Å². The Morgan fingerprint density at radius 1 is 0.619 bits per heavy atom. The number of nitrogen functional groups attached to an aromatic ring is 1. The van der Waals surface area contributed by atoms with Crippen LogP contribution in [0.25, 0.3) is 23.3 Å². The Morgan fingerprint density at radius 3 is 1.95 bits per heavy atom. The lowest BCUT2D eigenvalue weighted by atomic mass is 10.0. The average Bonchev–Trinajstić information content (AvgIpc) is 2.55. The number of anilines is 1. The molecule has 1 heteroatoms. The van der Waals surface area contributed by atoms with Gasteiger partial charge in [0.25, 0.3) is 0 Å². The van der Waals surface area contributed by atoms with E-state index in [9.17, 15) is 0 Å². The summed E-state index contributed by atoms with van der Waals surface area (Å²) in [6.07, 6.45) is 4.13. The van der Waals surface area contributed by atoms with Crippen molar-refractivity contribution in [2.75, 3.05) is 5.73 Å². The highest BCUT2D eigenvalue weighted by atomic mass is 14.6. The Balaban J connectivity index is 1.87. The van der Waals surface area contributed by atoms with Crippen molar-refractivity contribution >= 4 is 17.8 Å². The zero-order valence-electron chi connectivity index (χ0n) is 11.7. The highest BCUT2D eigenvalue weighted by molar-refractivity contribution is 5.79. The first-order valence-corrected chi connectivity index (χ1v) is 7.01. The zero-order chi connectivity index (χ0) is 14.5. The maximum Gasteiger partial charge on any atom is 0.0393 e. The van der Waals surface area contributed by atoms with Crippen LogP contribution in [0.4, 0.5) is 5.69 Å². The molecule has 0 atom stereocenters. The third-order valence-electron chi connectivity index (χ3n) is 3.45. The molecule has 102 valence electrons. The molecule has 0 saturated carbocycles. The van der Waals surface area contributed by atoms with E-state index in [2.05, 4.69) is 48.6 Å². The maximum atomic E-state index is 6.17. The van der Waals surface area contributed by atoms with Crippen molar-refractivity contribution < 1.29 is 0 Å². The van der Waals surface area contributed by atoms with Gasteiger partial charge in [0, 0.05) is 5.69 Å². The maximum absolute atomic E-state index is 6.17. The van der Waals surface area contributed by atoms with Crippen molar-refractivity contribution in [1.29, 1.82) is 0 Å². The molecule has 0 aliphatic heterocycles. The minimum Gasteiger partial charge on any atom is -0.398 e. The SMILES string of the molecule is Nc1cc(-c2ccccc2)ccc1C=Cc1ccccc1. The highest BCUT2D eigenvalue weighted by Gasteiger charge is 2.00. The van der Waals surface area contributed by atoms with Crippen molar-refractivity contribution in [1.82, 2.24) is 0 Å². The molecule has 0 fully saturated rings. The van der Waals surface area contributed by atoms with Crippen LogP contribution in [0.1, 0.15) is 11.1 Å². The molecule has 2 N–H and O–H groups in total. The summed E-state index contributed by atoms with van der Waals surface area (Å²) in [5.41, 5.74) is 11.5. The summed E-state index contributed by atoms with van der Waals surface area (Å²) in [5.74, 6) is 0. The van der Waals surface area contributed by atoms with Gasteiger partial charge in [0.2, 0.25) is 0 Å². The number of hydrogen-bond donors (Lipinski definition) is 1. The van der Waals surface area contributed by atoms with Crippen LogP contribution in [0.2, 0.25) is 0 Å². The summed E-state index contributed by atoms with van der Waals surface area (Å²) >= 11 is 0. The molecule has 0 unspecified atom stereocenters. The Labute approximate surface area is 125 Å². The number of nitrogens with two attached hydrogens (primary N) is 1. The van der Waals surface area contributed by atoms with Crippen molar-refractivity contribution in [3.05, 3.63) is 90.0 Å². The highest BCUT2D eigenvalue weighted by Crippen LogP contribution is 2.25. The van der Waals surface area contributed by atoms with Crippen molar-refractivity contribution in [2.45, 2.75) is 0 Å². The first-order valence-electron chi connectivity index (χ1n) is 7.01. The summed E-state index contributed by atoms with van der Waals surface area (Å²) in [6.45, 7) is 0. The molecule has 0 amide bonds. The monoisotopic (exact) mass is 271 g/mol. The Bertz CT molecular complexity index is 743. The van der Waals surface area contributed by atoms with Gasteiger partial charge in [0.1, 0.15) is 0 Å². The van der Waals surface area contributed by atoms with Crippen LogP contribution in [0, 0.1) is 0 Å². The van der Waals surface area contributed by atoms with Gasteiger partial charge < -0.3 is 5.73 Å². The van der Waals surface area contributed by atoms with E-state index in [-0.39, 0.29) is 0 Å². The average molecular weight is 271 g/mol. The van der Waals surface area contributed by atoms with Crippen LogP contribution in [0.3, 0.4) is 0 Å². The summed E-state index contributed by atoms with van der Waals surface area (Å²) in [5, 5.41) is 0. The molecule has 0 heterocycles. The lowest BCUT2D eigenvalue weighted by Crippen LogP contribution is -1.90. The molecular weight excluding hydrogens is 254 g/mol. The van der Waals surface area contributed by atoms with Gasteiger partial charge in [-0.1, -0.05) is 84.9 Å². The van der Waals surface area contributed by atoms with E-state index < -0.39 is 0 Å². The minimum atomic E-state index is 0.795. The second kappa shape index (κ2) is 6.10. The number of hydrogen-bond acceptors (Lipinski definition) is 1. The van der Waals surface area contributed by atoms with E-state index in [1.165, 1.54) is 11.1 Å². The fraction of sp³-hybridized carbons (Fsp3) is 0. The summed E-state index contributed by atoms with van der Waals surface area (Å²) < 4.78 is 0. The van der Waals surface area contributed by atoms with Crippen LogP contribution in [-0.4, -0.2) is 0 Å². The van der Waals surface area contributed by atoms with Crippen molar-refractivity contribution in [3.8, 4) is 11.1 Å². The van der Waals surface area contributed by atoms with Crippen LogP contribution in [0.5, 0.6) is 0 Å². The Hall–Kier alpha value is -2.80. The quantitative estimate of drug-likeness (QED) is 0.520. The minimum absolute atomic E-state index is 0.795.